The fourth-order valence-electron chi connectivity index (χ4n) is 5.94. The number of piperidine rings is 1. The average Bonchev–Trinajstić information content (AvgIpc) is 2.94. The van der Waals surface area contributed by atoms with Gasteiger partial charge in [-0.3, -0.25) is 4.79 Å². The Morgan fingerprint density at radius 2 is 1.79 bits per heavy atom. The van der Waals surface area contributed by atoms with Gasteiger partial charge in [0.15, 0.2) is 0 Å². The zero-order chi connectivity index (χ0) is 26.6. The second-order valence-electron chi connectivity index (χ2n) is 10.6. The highest BCUT2D eigenvalue weighted by molar-refractivity contribution is 6.30. The fourth-order valence-corrected chi connectivity index (χ4v) is 6.17. The predicted molar refractivity (Wildman–Crippen MR) is 149 cm³/mol. The molecule has 5 rings (SSSR count). The molecule has 0 radical (unpaired) electrons. The number of aryl methyl sites for hydroxylation is 1. The van der Waals surface area contributed by atoms with Crippen molar-refractivity contribution in [3.8, 4) is 0 Å². The number of ether oxygens (including phenoxy) is 2. The Kier molecular flexibility index (Phi) is 8.67. The third-order valence-electron chi connectivity index (χ3n) is 8.18. The van der Waals surface area contributed by atoms with E-state index in [0.717, 1.165) is 81.5 Å². The number of benzene rings is 1. The summed E-state index contributed by atoms with van der Waals surface area (Å²) in [6.07, 6.45) is 4.41. The number of piperazine rings is 1. The summed E-state index contributed by atoms with van der Waals surface area (Å²) >= 11 is 6.15. The Bertz CT molecular complexity index is 1120. The Morgan fingerprint density at radius 1 is 1.05 bits per heavy atom. The van der Waals surface area contributed by atoms with E-state index >= 15 is 0 Å². The van der Waals surface area contributed by atoms with Crippen LogP contribution in [0.4, 0.5) is 11.5 Å². The predicted octanol–water partition coefficient (Wildman–Crippen LogP) is 3.07. The molecule has 0 spiro atoms. The minimum atomic E-state index is 0.000796. The van der Waals surface area contributed by atoms with Crippen molar-refractivity contribution in [2.24, 2.45) is 0 Å². The number of halogens is 1. The van der Waals surface area contributed by atoms with Crippen LogP contribution < -0.4 is 15.1 Å². The molecule has 10 heteroatoms. The van der Waals surface area contributed by atoms with Crippen LogP contribution in [0.1, 0.15) is 40.9 Å². The lowest BCUT2D eigenvalue weighted by Crippen LogP contribution is -2.54. The number of likely N-dealkylation sites (tertiary alicyclic amines) is 1. The molecule has 3 aliphatic rings. The van der Waals surface area contributed by atoms with Gasteiger partial charge in [0.2, 0.25) is 0 Å². The van der Waals surface area contributed by atoms with Gasteiger partial charge >= 0.3 is 0 Å². The van der Waals surface area contributed by atoms with Gasteiger partial charge in [-0.25, -0.2) is 9.97 Å². The third-order valence-corrected chi connectivity index (χ3v) is 8.41. The summed E-state index contributed by atoms with van der Waals surface area (Å²) in [6, 6.07) is 6.73. The number of amides is 1. The van der Waals surface area contributed by atoms with Crippen molar-refractivity contribution < 1.29 is 14.3 Å². The first-order valence-corrected chi connectivity index (χ1v) is 14.1. The fraction of sp³-hybridized carbons (Fsp3) is 0.607. The molecule has 3 aliphatic heterocycles. The maximum atomic E-state index is 13.5. The molecule has 1 aromatic heterocycles. The third kappa shape index (κ3) is 5.91. The molecule has 206 valence electrons. The van der Waals surface area contributed by atoms with Crippen molar-refractivity contribution in [2.45, 2.75) is 51.3 Å². The molecule has 2 aromatic rings. The lowest BCUT2D eigenvalue weighted by molar-refractivity contribution is -0.0533. The van der Waals surface area contributed by atoms with Crippen LogP contribution in [0.5, 0.6) is 0 Å². The SMILES string of the molecule is COC1COCCC1NC1CCN(C(=O)c2ncnc(N3CCN(c4ccc(Cl)cc4C)CC3)c2C)CC1. The minimum Gasteiger partial charge on any atom is -0.379 e. The number of rotatable bonds is 6. The largest absolute Gasteiger partial charge is 0.379 e. The molecule has 3 saturated heterocycles. The number of carbonyl (C=O) groups is 1. The highest BCUT2D eigenvalue weighted by Crippen LogP contribution is 2.27. The summed E-state index contributed by atoms with van der Waals surface area (Å²) < 4.78 is 11.1. The summed E-state index contributed by atoms with van der Waals surface area (Å²) in [6.45, 7) is 10.3. The van der Waals surface area contributed by atoms with E-state index in [1.165, 1.54) is 17.6 Å². The second-order valence-corrected chi connectivity index (χ2v) is 11.0. The van der Waals surface area contributed by atoms with Gasteiger partial charge in [0.1, 0.15) is 17.8 Å². The molecule has 38 heavy (non-hydrogen) atoms. The molecule has 2 atom stereocenters. The Morgan fingerprint density at radius 3 is 2.50 bits per heavy atom. The molecule has 1 N–H and O–H groups in total. The Balaban J connectivity index is 1.18. The van der Waals surface area contributed by atoms with Gasteiger partial charge in [-0.1, -0.05) is 11.6 Å². The molecule has 1 aromatic carbocycles. The second kappa shape index (κ2) is 12.2. The number of anilines is 2. The van der Waals surface area contributed by atoms with Gasteiger partial charge in [-0.05, 0) is 56.9 Å². The molecular weight excluding hydrogens is 504 g/mol. The molecule has 2 unspecified atom stereocenters. The molecule has 3 fully saturated rings. The van der Waals surface area contributed by atoms with E-state index < -0.39 is 0 Å². The van der Waals surface area contributed by atoms with E-state index in [2.05, 4.69) is 38.1 Å². The standard InChI is InChI=1S/C28H39ClN6O3/c1-19-16-21(29)4-5-24(19)33-11-13-34(14-12-33)27-20(2)26(30-18-31-27)28(36)35-9-6-22(7-10-35)32-23-8-15-38-17-25(23)37-3/h4-5,16,18,22-23,25,32H,6-15,17H2,1-3H3. The Hall–Kier alpha value is -2.46. The summed E-state index contributed by atoms with van der Waals surface area (Å²) in [5.74, 6) is 0.860. The zero-order valence-corrected chi connectivity index (χ0v) is 23.4. The van der Waals surface area contributed by atoms with Crippen molar-refractivity contribution in [1.29, 1.82) is 0 Å². The molecule has 1 amide bonds. The molecule has 0 aliphatic carbocycles. The quantitative estimate of drug-likeness (QED) is 0.596. The van der Waals surface area contributed by atoms with E-state index in [0.29, 0.717) is 24.4 Å². The summed E-state index contributed by atoms with van der Waals surface area (Å²) in [7, 11) is 1.74. The molecule has 0 bridgehead atoms. The van der Waals surface area contributed by atoms with Gasteiger partial charge in [-0.15, -0.1) is 0 Å². The number of aromatic nitrogens is 2. The molecular formula is C28H39ClN6O3. The number of nitrogens with one attached hydrogen (secondary N) is 1. The van der Waals surface area contributed by atoms with Crippen LogP contribution in [-0.4, -0.2) is 98.6 Å². The average molecular weight is 543 g/mol. The van der Waals surface area contributed by atoms with Crippen molar-refractivity contribution in [1.82, 2.24) is 20.2 Å². The number of methoxy groups -OCH3 is 1. The van der Waals surface area contributed by atoms with Crippen LogP contribution in [0.15, 0.2) is 24.5 Å². The highest BCUT2D eigenvalue weighted by atomic mass is 35.5. The number of carbonyl (C=O) groups excluding carboxylic acids is 1. The van der Waals surface area contributed by atoms with Crippen LogP contribution in [0, 0.1) is 13.8 Å². The maximum absolute atomic E-state index is 13.5. The van der Waals surface area contributed by atoms with Crippen molar-refractivity contribution >= 4 is 29.0 Å². The van der Waals surface area contributed by atoms with E-state index in [9.17, 15) is 4.79 Å². The summed E-state index contributed by atoms with van der Waals surface area (Å²) in [5.41, 5.74) is 3.78. The summed E-state index contributed by atoms with van der Waals surface area (Å²) in [4.78, 5) is 29.1. The van der Waals surface area contributed by atoms with E-state index in [1.807, 2.05) is 24.0 Å². The van der Waals surface area contributed by atoms with Crippen LogP contribution in [0.3, 0.4) is 0 Å². The van der Waals surface area contributed by atoms with Gasteiger partial charge in [0, 0.05) is 81.3 Å². The van der Waals surface area contributed by atoms with Crippen molar-refractivity contribution in [2.75, 3.05) is 69.4 Å². The molecule has 0 saturated carbocycles. The number of nitrogens with zero attached hydrogens (tertiary/aromatic N) is 5. The minimum absolute atomic E-state index is 0.000796. The van der Waals surface area contributed by atoms with Crippen LogP contribution in [0.25, 0.3) is 0 Å². The molecule has 4 heterocycles. The first-order chi connectivity index (χ1) is 18.4. The van der Waals surface area contributed by atoms with Gasteiger partial charge in [0.25, 0.3) is 5.91 Å². The van der Waals surface area contributed by atoms with E-state index in [4.69, 9.17) is 21.1 Å². The van der Waals surface area contributed by atoms with Crippen molar-refractivity contribution in [3.05, 3.63) is 46.4 Å². The van der Waals surface area contributed by atoms with Crippen LogP contribution in [-0.2, 0) is 9.47 Å². The zero-order valence-electron chi connectivity index (χ0n) is 22.7. The summed E-state index contributed by atoms with van der Waals surface area (Å²) in [5, 5.41) is 4.52. The van der Waals surface area contributed by atoms with E-state index in [-0.39, 0.29) is 12.0 Å². The normalized spacial score (nSPS) is 23.1. The van der Waals surface area contributed by atoms with Crippen LogP contribution in [0.2, 0.25) is 5.02 Å². The monoisotopic (exact) mass is 542 g/mol. The van der Waals surface area contributed by atoms with Crippen LogP contribution >= 0.6 is 11.6 Å². The van der Waals surface area contributed by atoms with Gasteiger partial charge < -0.3 is 29.5 Å². The lowest BCUT2D eigenvalue weighted by Gasteiger charge is -2.38. The number of hydrogen-bond donors (Lipinski definition) is 1. The topological polar surface area (TPSA) is 83.1 Å². The lowest BCUT2D eigenvalue weighted by atomic mass is 9.99. The van der Waals surface area contributed by atoms with Gasteiger partial charge in [-0.2, -0.15) is 0 Å². The van der Waals surface area contributed by atoms with Gasteiger partial charge in [0.05, 0.1) is 12.7 Å². The van der Waals surface area contributed by atoms with Crippen molar-refractivity contribution in [3.63, 3.8) is 0 Å². The first-order valence-electron chi connectivity index (χ1n) is 13.7. The number of hydrogen-bond acceptors (Lipinski definition) is 8. The maximum Gasteiger partial charge on any atom is 0.272 e. The highest BCUT2D eigenvalue weighted by Gasteiger charge is 2.31. The Labute approximate surface area is 230 Å². The first kappa shape index (κ1) is 27.1. The smallest absolute Gasteiger partial charge is 0.272 e. The van der Waals surface area contributed by atoms with E-state index in [1.54, 1.807) is 7.11 Å². The molecule has 9 nitrogen and oxygen atoms in total.